The number of fused-ring (bicyclic) bond motifs is 3. The van der Waals surface area contributed by atoms with Crippen LogP contribution in [0.2, 0.25) is 0 Å². The predicted octanol–water partition coefficient (Wildman–Crippen LogP) is 4.23. The molecule has 0 saturated heterocycles. The number of carbonyl (C=O) groups is 1. The fraction of sp³-hybridized carbons (Fsp3) is 0.278. The minimum absolute atomic E-state index is 0.505. The highest BCUT2D eigenvalue weighted by atomic mass is 16.4. The Bertz CT molecular complexity index is 658. The van der Waals surface area contributed by atoms with Gasteiger partial charge in [-0.3, -0.25) is 4.79 Å². The second kappa shape index (κ2) is 5.12. The van der Waals surface area contributed by atoms with Gasteiger partial charge in [0.1, 0.15) is 5.92 Å². The molecular formula is C18H18O2. The summed E-state index contributed by atoms with van der Waals surface area (Å²) in [7, 11) is 0. The highest BCUT2D eigenvalue weighted by Crippen LogP contribution is 2.46. The minimum Gasteiger partial charge on any atom is -0.481 e. The van der Waals surface area contributed by atoms with E-state index >= 15 is 0 Å². The summed E-state index contributed by atoms with van der Waals surface area (Å²) in [6.45, 7) is 2.16. The largest absolute Gasteiger partial charge is 0.481 e. The Hall–Kier alpha value is -2.09. The molecule has 0 aromatic heterocycles. The molecule has 20 heavy (non-hydrogen) atoms. The van der Waals surface area contributed by atoms with Crippen LogP contribution in [-0.2, 0) is 11.2 Å². The Morgan fingerprint density at radius 3 is 2.60 bits per heavy atom. The third-order valence-corrected chi connectivity index (χ3v) is 4.09. The molecule has 0 amide bonds. The highest BCUT2D eigenvalue weighted by molar-refractivity contribution is 5.93. The van der Waals surface area contributed by atoms with Crippen molar-refractivity contribution in [1.82, 2.24) is 0 Å². The van der Waals surface area contributed by atoms with Crippen LogP contribution >= 0.6 is 0 Å². The van der Waals surface area contributed by atoms with Gasteiger partial charge in [0.15, 0.2) is 0 Å². The van der Waals surface area contributed by atoms with Crippen molar-refractivity contribution in [1.29, 1.82) is 0 Å². The Morgan fingerprint density at radius 1 is 1.10 bits per heavy atom. The average Bonchev–Trinajstić information content (AvgIpc) is 2.80. The van der Waals surface area contributed by atoms with E-state index in [2.05, 4.69) is 13.0 Å². The van der Waals surface area contributed by atoms with E-state index in [4.69, 9.17) is 0 Å². The van der Waals surface area contributed by atoms with E-state index in [0.717, 1.165) is 41.5 Å². The Balaban J connectivity index is 2.19. The van der Waals surface area contributed by atoms with Gasteiger partial charge in [0.25, 0.3) is 0 Å². The van der Waals surface area contributed by atoms with Crippen molar-refractivity contribution in [3.8, 4) is 11.1 Å². The molecule has 0 heterocycles. The number of rotatable bonds is 4. The lowest BCUT2D eigenvalue weighted by Gasteiger charge is -2.13. The van der Waals surface area contributed by atoms with Crippen molar-refractivity contribution >= 4 is 5.97 Å². The second-order valence-corrected chi connectivity index (χ2v) is 5.34. The van der Waals surface area contributed by atoms with E-state index in [-0.39, 0.29) is 0 Å². The van der Waals surface area contributed by atoms with Gasteiger partial charge in [-0.15, -0.1) is 0 Å². The van der Waals surface area contributed by atoms with E-state index in [0.29, 0.717) is 0 Å². The fourth-order valence-electron chi connectivity index (χ4n) is 3.18. The molecule has 2 nitrogen and oxygen atoms in total. The first kappa shape index (κ1) is 12.9. The zero-order valence-corrected chi connectivity index (χ0v) is 11.6. The molecule has 1 unspecified atom stereocenters. The molecule has 1 aliphatic rings. The average molecular weight is 266 g/mol. The normalized spacial score (nSPS) is 15.8. The first-order valence-electron chi connectivity index (χ1n) is 7.18. The van der Waals surface area contributed by atoms with Gasteiger partial charge < -0.3 is 5.11 Å². The van der Waals surface area contributed by atoms with Crippen LogP contribution in [0.5, 0.6) is 0 Å². The van der Waals surface area contributed by atoms with Crippen molar-refractivity contribution < 1.29 is 9.90 Å². The molecule has 1 N–H and O–H groups in total. The van der Waals surface area contributed by atoms with Gasteiger partial charge in [-0.1, -0.05) is 55.8 Å². The maximum absolute atomic E-state index is 11.8. The number of aryl methyl sites for hydroxylation is 1. The Labute approximate surface area is 119 Å². The molecule has 2 aromatic carbocycles. The first-order chi connectivity index (χ1) is 9.74. The van der Waals surface area contributed by atoms with Crippen LogP contribution in [0.15, 0.2) is 42.5 Å². The summed E-state index contributed by atoms with van der Waals surface area (Å²) in [5, 5.41) is 9.66. The van der Waals surface area contributed by atoms with Gasteiger partial charge in [0.2, 0.25) is 0 Å². The summed E-state index contributed by atoms with van der Waals surface area (Å²) >= 11 is 0. The maximum Gasteiger partial charge on any atom is 0.315 e. The molecule has 0 bridgehead atoms. The van der Waals surface area contributed by atoms with Gasteiger partial charge in [-0.05, 0) is 40.7 Å². The van der Waals surface area contributed by atoms with Gasteiger partial charge in [0, 0.05) is 0 Å². The molecule has 0 aliphatic heterocycles. The van der Waals surface area contributed by atoms with Gasteiger partial charge in [0.05, 0.1) is 0 Å². The quantitative estimate of drug-likeness (QED) is 0.899. The zero-order chi connectivity index (χ0) is 14.1. The first-order valence-corrected chi connectivity index (χ1v) is 7.18. The van der Waals surface area contributed by atoms with Crippen molar-refractivity contribution in [3.63, 3.8) is 0 Å². The minimum atomic E-state index is -0.750. The van der Waals surface area contributed by atoms with E-state index in [1.54, 1.807) is 0 Å². The third-order valence-electron chi connectivity index (χ3n) is 4.09. The number of carboxylic acids is 1. The number of benzene rings is 2. The SMILES string of the molecule is CCCCc1cccc2c1C(C(=O)O)c1ccccc1-2. The molecule has 1 aliphatic carbocycles. The monoisotopic (exact) mass is 266 g/mol. The van der Waals surface area contributed by atoms with Crippen LogP contribution < -0.4 is 0 Å². The molecular weight excluding hydrogens is 248 g/mol. The van der Waals surface area contributed by atoms with Crippen LogP contribution in [0.1, 0.15) is 42.4 Å². The van der Waals surface area contributed by atoms with Gasteiger partial charge >= 0.3 is 5.97 Å². The lowest BCUT2D eigenvalue weighted by Crippen LogP contribution is -2.12. The summed E-state index contributed by atoms with van der Waals surface area (Å²) in [5.74, 6) is -1.26. The van der Waals surface area contributed by atoms with Crippen molar-refractivity contribution in [3.05, 3.63) is 59.2 Å². The second-order valence-electron chi connectivity index (χ2n) is 5.34. The van der Waals surface area contributed by atoms with E-state index in [9.17, 15) is 9.90 Å². The van der Waals surface area contributed by atoms with Gasteiger partial charge in [-0.2, -0.15) is 0 Å². The Kier molecular flexibility index (Phi) is 3.31. The van der Waals surface area contributed by atoms with Crippen LogP contribution in [0.25, 0.3) is 11.1 Å². The Morgan fingerprint density at radius 2 is 1.85 bits per heavy atom. The van der Waals surface area contributed by atoms with Crippen molar-refractivity contribution in [2.75, 3.05) is 0 Å². The predicted molar refractivity (Wildman–Crippen MR) is 80.0 cm³/mol. The molecule has 3 rings (SSSR count). The molecule has 2 heteroatoms. The summed E-state index contributed by atoms with van der Waals surface area (Å²) < 4.78 is 0. The van der Waals surface area contributed by atoms with Crippen LogP contribution in [0.3, 0.4) is 0 Å². The molecule has 0 fully saturated rings. The zero-order valence-electron chi connectivity index (χ0n) is 11.6. The van der Waals surface area contributed by atoms with E-state index in [1.807, 2.05) is 36.4 Å². The lowest BCUT2D eigenvalue weighted by atomic mass is 9.91. The van der Waals surface area contributed by atoms with Gasteiger partial charge in [-0.25, -0.2) is 0 Å². The molecule has 0 spiro atoms. The molecule has 0 saturated carbocycles. The number of unbranched alkanes of at least 4 members (excludes halogenated alkanes) is 1. The number of hydrogen-bond acceptors (Lipinski definition) is 1. The van der Waals surface area contributed by atoms with Crippen LogP contribution in [0, 0.1) is 0 Å². The lowest BCUT2D eigenvalue weighted by molar-refractivity contribution is -0.137. The number of aliphatic carboxylic acids is 1. The van der Waals surface area contributed by atoms with Crippen molar-refractivity contribution in [2.45, 2.75) is 32.1 Å². The summed E-state index contributed by atoms with van der Waals surface area (Å²) in [6.07, 6.45) is 3.17. The van der Waals surface area contributed by atoms with Crippen LogP contribution in [-0.4, -0.2) is 11.1 Å². The van der Waals surface area contributed by atoms with Crippen LogP contribution in [0.4, 0.5) is 0 Å². The number of carboxylic acid groups (broad SMARTS) is 1. The third kappa shape index (κ3) is 1.92. The molecule has 102 valence electrons. The van der Waals surface area contributed by atoms with E-state index < -0.39 is 11.9 Å². The summed E-state index contributed by atoms with van der Waals surface area (Å²) in [6, 6.07) is 14.0. The smallest absolute Gasteiger partial charge is 0.315 e. The molecule has 0 radical (unpaired) electrons. The summed E-state index contributed by atoms with van der Waals surface area (Å²) in [5.41, 5.74) is 5.30. The van der Waals surface area contributed by atoms with Crippen molar-refractivity contribution in [2.24, 2.45) is 0 Å². The topological polar surface area (TPSA) is 37.3 Å². The molecule has 2 aromatic rings. The fourth-order valence-corrected chi connectivity index (χ4v) is 3.18. The maximum atomic E-state index is 11.8. The highest BCUT2D eigenvalue weighted by Gasteiger charge is 2.35. The number of hydrogen-bond donors (Lipinski definition) is 1. The molecule has 1 atom stereocenters. The summed E-state index contributed by atoms with van der Waals surface area (Å²) in [4.78, 5) is 11.8. The van der Waals surface area contributed by atoms with E-state index in [1.165, 1.54) is 5.56 Å². The standard InChI is InChI=1S/C18H18O2/c1-2-3-7-12-8-6-11-14-13-9-4-5-10-15(13)17(16(12)14)18(19)20/h4-6,8-11,17H,2-3,7H2,1H3,(H,19,20).